The van der Waals surface area contributed by atoms with Crippen LogP contribution in [-0.2, 0) is 6.54 Å². The van der Waals surface area contributed by atoms with Crippen molar-refractivity contribution in [3.05, 3.63) is 77.0 Å². The molecule has 2 aromatic carbocycles. The molecule has 3 aromatic rings. The first-order valence-corrected chi connectivity index (χ1v) is 9.70. The van der Waals surface area contributed by atoms with Gasteiger partial charge >= 0.3 is 0 Å². The third-order valence-corrected chi connectivity index (χ3v) is 5.38. The van der Waals surface area contributed by atoms with Crippen LogP contribution in [0, 0.1) is 13.8 Å². The van der Waals surface area contributed by atoms with Crippen LogP contribution in [0.1, 0.15) is 27.2 Å². The lowest BCUT2D eigenvalue weighted by Gasteiger charge is -2.34. The van der Waals surface area contributed by atoms with Crippen molar-refractivity contribution in [3.63, 3.8) is 0 Å². The Hall–Kier alpha value is -2.92. The average Bonchev–Trinajstić information content (AvgIpc) is 3.20. The van der Waals surface area contributed by atoms with Crippen molar-refractivity contribution in [2.75, 3.05) is 26.2 Å². The molecule has 0 spiro atoms. The molecule has 1 aromatic heterocycles. The molecule has 0 aliphatic carbocycles. The molecule has 0 unspecified atom stereocenters. The summed E-state index contributed by atoms with van der Waals surface area (Å²) in [6.45, 7) is 8.25. The Morgan fingerprint density at radius 2 is 1.71 bits per heavy atom. The van der Waals surface area contributed by atoms with E-state index >= 15 is 0 Å². The molecular formula is C23H25N3O2. The van der Waals surface area contributed by atoms with E-state index in [1.807, 2.05) is 36.1 Å². The highest BCUT2D eigenvalue weighted by Gasteiger charge is 2.25. The van der Waals surface area contributed by atoms with E-state index in [0.717, 1.165) is 25.2 Å². The van der Waals surface area contributed by atoms with Crippen LogP contribution in [0.15, 0.2) is 59.1 Å². The highest BCUT2D eigenvalue weighted by atomic mass is 16.5. The van der Waals surface area contributed by atoms with Crippen LogP contribution in [0.4, 0.5) is 0 Å². The predicted molar refractivity (Wildman–Crippen MR) is 109 cm³/mol. The van der Waals surface area contributed by atoms with Crippen molar-refractivity contribution in [1.29, 1.82) is 0 Å². The lowest BCUT2D eigenvalue weighted by Crippen LogP contribution is -2.48. The first kappa shape index (κ1) is 18.4. The van der Waals surface area contributed by atoms with Gasteiger partial charge < -0.3 is 9.42 Å². The Morgan fingerprint density at radius 3 is 2.43 bits per heavy atom. The molecule has 1 fully saturated rings. The zero-order chi connectivity index (χ0) is 19.5. The minimum absolute atomic E-state index is 0.0577. The van der Waals surface area contributed by atoms with Crippen molar-refractivity contribution in [1.82, 2.24) is 15.0 Å². The fraction of sp³-hybridized carbons (Fsp3) is 0.304. The number of hydrogen-bond acceptors (Lipinski definition) is 4. The topological polar surface area (TPSA) is 49.6 Å². The van der Waals surface area contributed by atoms with Gasteiger partial charge in [0.25, 0.3) is 5.91 Å². The van der Waals surface area contributed by atoms with Crippen LogP contribution in [0.5, 0.6) is 0 Å². The number of piperazine rings is 1. The normalized spacial score (nSPS) is 15.0. The second-order valence-corrected chi connectivity index (χ2v) is 7.44. The molecule has 28 heavy (non-hydrogen) atoms. The van der Waals surface area contributed by atoms with Crippen LogP contribution < -0.4 is 0 Å². The molecule has 4 rings (SSSR count). The standard InChI is InChI=1S/C23H25N3O2/c1-17-7-9-19(10-8-17)22-15-21(24-28-22)23(27)26-13-11-25(12-14-26)16-20-6-4-3-5-18(20)2/h3-10,15H,11-14,16H2,1-2H3. The molecule has 144 valence electrons. The first-order chi connectivity index (χ1) is 13.6. The SMILES string of the molecule is Cc1ccc(-c2cc(C(=O)N3CCN(Cc4ccccc4C)CC3)no2)cc1. The van der Waals surface area contributed by atoms with E-state index in [0.29, 0.717) is 24.5 Å². The summed E-state index contributed by atoms with van der Waals surface area (Å²) in [6.07, 6.45) is 0. The van der Waals surface area contributed by atoms with E-state index in [9.17, 15) is 4.79 Å². The third kappa shape index (κ3) is 3.99. The van der Waals surface area contributed by atoms with Gasteiger partial charge in [0.15, 0.2) is 11.5 Å². The Bertz CT molecular complexity index is 954. The number of carbonyl (C=O) groups excluding carboxylic acids is 1. The van der Waals surface area contributed by atoms with Gasteiger partial charge in [-0.3, -0.25) is 9.69 Å². The first-order valence-electron chi connectivity index (χ1n) is 9.70. The van der Waals surface area contributed by atoms with Gasteiger partial charge in [-0.1, -0.05) is 59.3 Å². The molecule has 0 bridgehead atoms. The number of benzene rings is 2. The summed E-state index contributed by atoms with van der Waals surface area (Å²) in [5, 5.41) is 4.01. The lowest BCUT2D eigenvalue weighted by molar-refractivity contribution is 0.0618. The number of carbonyl (C=O) groups is 1. The second-order valence-electron chi connectivity index (χ2n) is 7.44. The second kappa shape index (κ2) is 7.98. The maximum Gasteiger partial charge on any atom is 0.276 e. The molecule has 0 N–H and O–H groups in total. The molecule has 1 aliphatic heterocycles. The van der Waals surface area contributed by atoms with Crippen molar-refractivity contribution in [2.24, 2.45) is 0 Å². The van der Waals surface area contributed by atoms with Gasteiger partial charge in [0.1, 0.15) is 0 Å². The van der Waals surface area contributed by atoms with E-state index in [1.165, 1.54) is 16.7 Å². The maximum absolute atomic E-state index is 12.8. The van der Waals surface area contributed by atoms with Crippen LogP contribution in [0.2, 0.25) is 0 Å². The number of amides is 1. The highest BCUT2D eigenvalue weighted by Crippen LogP contribution is 2.22. The number of rotatable bonds is 4. The number of aryl methyl sites for hydroxylation is 2. The molecule has 0 atom stereocenters. The van der Waals surface area contributed by atoms with Gasteiger partial charge in [-0.15, -0.1) is 0 Å². The van der Waals surface area contributed by atoms with Crippen LogP contribution >= 0.6 is 0 Å². The summed E-state index contributed by atoms with van der Waals surface area (Å²) in [7, 11) is 0. The molecule has 1 aliphatic rings. The monoisotopic (exact) mass is 375 g/mol. The number of aromatic nitrogens is 1. The Kier molecular flexibility index (Phi) is 5.26. The number of nitrogens with zero attached hydrogens (tertiary/aromatic N) is 3. The summed E-state index contributed by atoms with van der Waals surface area (Å²) in [5.74, 6) is 0.569. The highest BCUT2D eigenvalue weighted by molar-refractivity contribution is 5.93. The van der Waals surface area contributed by atoms with E-state index in [2.05, 4.69) is 41.2 Å². The van der Waals surface area contributed by atoms with Crippen molar-refractivity contribution in [3.8, 4) is 11.3 Å². The Morgan fingerprint density at radius 1 is 1.00 bits per heavy atom. The van der Waals surface area contributed by atoms with Crippen LogP contribution in [-0.4, -0.2) is 47.0 Å². The van der Waals surface area contributed by atoms with Crippen LogP contribution in [0.25, 0.3) is 11.3 Å². The van der Waals surface area contributed by atoms with Gasteiger partial charge in [0.05, 0.1) is 0 Å². The van der Waals surface area contributed by atoms with E-state index < -0.39 is 0 Å². The summed E-state index contributed by atoms with van der Waals surface area (Å²) in [6, 6.07) is 18.2. The third-order valence-electron chi connectivity index (χ3n) is 5.38. The summed E-state index contributed by atoms with van der Waals surface area (Å²) >= 11 is 0. The zero-order valence-corrected chi connectivity index (χ0v) is 16.4. The molecular weight excluding hydrogens is 350 g/mol. The van der Waals surface area contributed by atoms with Crippen molar-refractivity contribution in [2.45, 2.75) is 20.4 Å². The van der Waals surface area contributed by atoms with E-state index in [1.54, 1.807) is 6.07 Å². The van der Waals surface area contributed by atoms with Gasteiger partial charge in [0.2, 0.25) is 0 Å². The zero-order valence-electron chi connectivity index (χ0n) is 16.4. The Balaban J connectivity index is 1.36. The molecule has 1 saturated heterocycles. The summed E-state index contributed by atoms with van der Waals surface area (Å²) in [5.41, 5.74) is 5.15. The van der Waals surface area contributed by atoms with Gasteiger partial charge in [-0.05, 0) is 25.0 Å². The fourth-order valence-corrected chi connectivity index (χ4v) is 3.53. The smallest absolute Gasteiger partial charge is 0.276 e. The van der Waals surface area contributed by atoms with Crippen molar-refractivity contribution >= 4 is 5.91 Å². The van der Waals surface area contributed by atoms with Gasteiger partial charge in [-0.2, -0.15) is 0 Å². The van der Waals surface area contributed by atoms with Crippen LogP contribution in [0.3, 0.4) is 0 Å². The maximum atomic E-state index is 12.8. The minimum atomic E-state index is -0.0577. The molecule has 5 heteroatoms. The summed E-state index contributed by atoms with van der Waals surface area (Å²) in [4.78, 5) is 17.1. The quantitative estimate of drug-likeness (QED) is 0.694. The lowest BCUT2D eigenvalue weighted by atomic mass is 10.1. The fourth-order valence-electron chi connectivity index (χ4n) is 3.53. The summed E-state index contributed by atoms with van der Waals surface area (Å²) < 4.78 is 5.41. The Labute approximate surface area is 165 Å². The average molecular weight is 375 g/mol. The molecule has 0 radical (unpaired) electrons. The largest absolute Gasteiger partial charge is 0.355 e. The van der Waals surface area contributed by atoms with E-state index in [-0.39, 0.29) is 5.91 Å². The van der Waals surface area contributed by atoms with Gasteiger partial charge in [0, 0.05) is 44.4 Å². The molecule has 2 heterocycles. The van der Waals surface area contributed by atoms with E-state index in [4.69, 9.17) is 4.52 Å². The predicted octanol–water partition coefficient (Wildman–Crippen LogP) is 3.92. The molecule has 1 amide bonds. The molecule has 5 nitrogen and oxygen atoms in total. The van der Waals surface area contributed by atoms with Crippen molar-refractivity contribution < 1.29 is 9.32 Å². The van der Waals surface area contributed by atoms with Gasteiger partial charge in [-0.25, -0.2) is 0 Å². The minimum Gasteiger partial charge on any atom is -0.355 e. The number of hydrogen-bond donors (Lipinski definition) is 0. The molecule has 0 saturated carbocycles.